The summed E-state index contributed by atoms with van der Waals surface area (Å²) >= 11 is 2.95. The number of alkyl halides is 2. The maximum Gasteiger partial charge on any atom is 0.399 e. The summed E-state index contributed by atoms with van der Waals surface area (Å²) in [6, 6.07) is 7.48. The van der Waals surface area contributed by atoms with Crippen LogP contribution in [0.5, 0.6) is 0 Å². The molecule has 2 aromatic carbocycles. The van der Waals surface area contributed by atoms with Gasteiger partial charge in [-0.3, -0.25) is 4.57 Å². The third-order valence-electron chi connectivity index (χ3n) is 3.26. The maximum atomic E-state index is 14.0. The molecule has 0 spiro atoms. The van der Waals surface area contributed by atoms with Crippen LogP contribution in [0.15, 0.2) is 40.0 Å². The van der Waals surface area contributed by atoms with Crippen molar-refractivity contribution < 1.29 is 28.0 Å². The van der Waals surface area contributed by atoms with Gasteiger partial charge in [0.15, 0.2) is 0 Å². The number of fused-ring (bicyclic) bond motifs is 1. The monoisotopic (exact) mass is 407 g/mol. The van der Waals surface area contributed by atoms with Gasteiger partial charge in [0.25, 0.3) is 0 Å². The van der Waals surface area contributed by atoms with Gasteiger partial charge in [0, 0.05) is 10.0 Å². The summed E-state index contributed by atoms with van der Waals surface area (Å²) in [5.41, 5.74) is -3.87. The largest absolute Gasteiger partial charge is 0.399 e. The number of hydrogen-bond acceptors (Lipinski definition) is 3. The second-order valence-corrected chi connectivity index (χ2v) is 7.34. The molecule has 0 aromatic heterocycles. The van der Waals surface area contributed by atoms with Crippen LogP contribution in [-0.4, -0.2) is 22.6 Å². The highest BCUT2D eigenvalue weighted by Gasteiger charge is 2.51. The van der Waals surface area contributed by atoms with Crippen LogP contribution in [0.25, 0.3) is 10.8 Å². The van der Waals surface area contributed by atoms with Gasteiger partial charge in [-0.05, 0) is 41.5 Å². The van der Waals surface area contributed by atoms with E-state index in [4.69, 9.17) is 9.79 Å². The number of halogens is 3. The molecule has 2 N–H and O–H groups in total. The summed E-state index contributed by atoms with van der Waals surface area (Å²) in [6.07, 6.45) is 0. The van der Waals surface area contributed by atoms with Crippen LogP contribution >= 0.6 is 23.5 Å². The number of oxime groups is 1. The molecular weight excluding hydrogens is 395 g/mol. The summed E-state index contributed by atoms with van der Waals surface area (Å²) in [5, 5.41) is 4.80. The smallest absolute Gasteiger partial charge is 0.399 e. The Morgan fingerprint density at radius 2 is 1.91 bits per heavy atom. The summed E-state index contributed by atoms with van der Waals surface area (Å²) < 4.78 is 39.0. The molecule has 124 valence electrons. The van der Waals surface area contributed by atoms with E-state index in [9.17, 15) is 13.3 Å². The minimum atomic E-state index is -5.64. The van der Waals surface area contributed by atoms with Crippen LogP contribution in [0.4, 0.5) is 8.78 Å². The predicted molar refractivity (Wildman–Crippen MR) is 86.8 cm³/mol. The molecule has 0 bridgehead atoms. The van der Waals surface area contributed by atoms with Gasteiger partial charge in [-0.15, -0.1) is 0 Å². The molecule has 0 aliphatic carbocycles. The minimum Gasteiger partial charge on any atom is -0.399 e. The lowest BCUT2D eigenvalue weighted by atomic mass is 10.0. The summed E-state index contributed by atoms with van der Waals surface area (Å²) in [6.45, 7) is 1.69. The van der Waals surface area contributed by atoms with Gasteiger partial charge in [0.05, 0.1) is 5.71 Å². The Kier molecular flexibility index (Phi) is 4.92. The molecular formula is C14H13BrF2NO4P. The molecule has 5 nitrogen and oxygen atoms in total. The van der Waals surface area contributed by atoms with E-state index >= 15 is 0 Å². The van der Waals surface area contributed by atoms with Crippen molar-refractivity contribution in [2.75, 3.05) is 7.11 Å². The Labute approximate surface area is 139 Å². The average molecular weight is 408 g/mol. The SMILES string of the molecule is CO/N=C(/C)c1ccc2cc(Br)c(C(F)(F)P(=O)(O)O)cc2c1. The van der Waals surface area contributed by atoms with Gasteiger partial charge in [-0.2, -0.15) is 8.78 Å². The lowest BCUT2D eigenvalue weighted by Gasteiger charge is -2.20. The second-order valence-electron chi connectivity index (χ2n) is 4.84. The molecule has 0 aliphatic heterocycles. The van der Waals surface area contributed by atoms with Gasteiger partial charge in [-0.25, -0.2) is 0 Å². The molecule has 0 saturated heterocycles. The molecule has 0 aliphatic rings. The van der Waals surface area contributed by atoms with Crippen molar-refractivity contribution in [3.8, 4) is 0 Å². The van der Waals surface area contributed by atoms with Crippen LogP contribution in [-0.2, 0) is 15.1 Å². The zero-order valence-corrected chi connectivity index (χ0v) is 14.6. The molecule has 9 heteroatoms. The molecule has 0 fully saturated rings. The highest BCUT2D eigenvalue weighted by molar-refractivity contribution is 9.10. The third-order valence-corrected chi connectivity index (χ3v) is 4.89. The molecule has 23 heavy (non-hydrogen) atoms. The van der Waals surface area contributed by atoms with E-state index in [-0.39, 0.29) is 4.47 Å². The Morgan fingerprint density at radius 3 is 2.48 bits per heavy atom. The lowest BCUT2D eigenvalue weighted by molar-refractivity contribution is 0.0559. The Bertz CT molecular complexity index is 835. The van der Waals surface area contributed by atoms with Crippen molar-refractivity contribution in [1.29, 1.82) is 0 Å². The van der Waals surface area contributed by atoms with Gasteiger partial charge in [0.1, 0.15) is 7.11 Å². The standard InChI is InChI=1S/C14H13BrF2NO4P/c1-8(18-22-2)9-3-4-10-7-13(15)12(6-11(10)5-9)14(16,17)23(19,20)21/h3-7H,1-2H3,(H2,19,20,21)/b18-8-. The van der Waals surface area contributed by atoms with Crippen molar-refractivity contribution in [2.24, 2.45) is 5.16 Å². The van der Waals surface area contributed by atoms with Crippen LogP contribution in [0, 0.1) is 0 Å². The van der Waals surface area contributed by atoms with Crippen molar-refractivity contribution in [2.45, 2.75) is 12.6 Å². The average Bonchev–Trinajstić information content (AvgIpc) is 2.45. The van der Waals surface area contributed by atoms with Crippen LogP contribution < -0.4 is 0 Å². The van der Waals surface area contributed by atoms with E-state index in [2.05, 4.69) is 25.9 Å². The van der Waals surface area contributed by atoms with Gasteiger partial charge in [-0.1, -0.05) is 33.2 Å². The molecule has 0 amide bonds. The maximum absolute atomic E-state index is 14.0. The first-order chi connectivity index (χ1) is 10.6. The van der Waals surface area contributed by atoms with Crippen LogP contribution in [0.2, 0.25) is 0 Å². The van der Waals surface area contributed by atoms with E-state index in [0.29, 0.717) is 22.0 Å². The molecule has 0 heterocycles. The number of benzene rings is 2. The number of rotatable bonds is 4. The van der Waals surface area contributed by atoms with Crippen molar-refractivity contribution >= 4 is 40.0 Å². The summed E-state index contributed by atoms with van der Waals surface area (Å²) in [4.78, 5) is 22.5. The van der Waals surface area contributed by atoms with Gasteiger partial charge >= 0.3 is 13.3 Å². The first-order valence-electron chi connectivity index (χ1n) is 6.33. The molecule has 2 aromatic rings. The van der Waals surface area contributed by atoms with E-state index in [1.54, 1.807) is 25.1 Å². The fourth-order valence-corrected chi connectivity index (χ4v) is 3.33. The predicted octanol–water partition coefficient (Wildman–Crippen LogP) is 4.20. The highest BCUT2D eigenvalue weighted by Crippen LogP contribution is 2.60. The zero-order chi connectivity index (χ0) is 17.4. The van der Waals surface area contributed by atoms with Crippen LogP contribution in [0.1, 0.15) is 18.1 Å². The zero-order valence-electron chi connectivity index (χ0n) is 12.1. The van der Waals surface area contributed by atoms with Crippen molar-refractivity contribution in [3.63, 3.8) is 0 Å². The Morgan fingerprint density at radius 1 is 1.26 bits per heavy atom. The summed E-state index contributed by atoms with van der Waals surface area (Å²) in [5.74, 6) is 0. The molecule has 0 radical (unpaired) electrons. The Hall–Kier alpha value is -1.34. The normalized spacial score (nSPS) is 13.4. The minimum absolute atomic E-state index is 0.0756. The third kappa shape index (κ3) is 3.45. The summed E-state index contributed by atoms with van der Waals surface area (Å²) in [7, 11) is -4.25. The van der Waals surface area contributed by atoms with E-state index < -0.39 is 18.8 Å². The molecule has 0 unspecified atom stereocenters. The number of nitrogens with zero attached hydrogens (tertiary/aromatic N) is 1. The topological polar surface area (TPSA) is 79.1 Å². The van der Waals surface area contributed by atoms with E-state index in [0.717, 1.165) is 6.07 Å². The van der Waals surface area contributed by atoms with Crippen molar-refractivity contribution in [3.05, 3.63) is 45.9 Å². The number of hydrogen-bond donors (Lipinski definition) is 2. The van der Waals surface area contributed by atoms with Crippen LogP contribution in [0.3, 0.4) is 0 Å². The molecule has 0 saturated carbocycles. The van der Waals surface area contributed by atoms with E-state index in [1.807, 2.05) is 0 Å². The fraction of sp³-hybridized carbons (Fsp3) is 0.214. The Balaban J connectivity index is 2.68. The first kappa shape index (κ1) is 18.0. The van der Waals surface area contributed by atoms with E-state index in [1.165, 1.54) is 13.2 Å². The quantitative estimate of drug-likeness (QED) is 0.452. The fourth-order valence-electron chi connectivity index (χ4n) is 2.07. The highest BCUT2D eigenvalue weighted by atomic mass is 79.9. The lowest BCUT2D eigenvalue weighted by Crippen LogP contribution is -2.14. The molecule has 0 atom stereocenters. The van der Waals surface area contributed by atoms with Gasteiger partial charge in [0.2, 0.25) is 0 Å². The molecule has 2 rings (SSSR count). The first-order valence-corrected chi connectivity index (χ1v) is 8.74. The van der Waals surface area contributed by atoms with Gasteiger partial charge < -0.3 is 14.6 Å². The van der Waals surface area contributed by atoms with Crippen molar-refractivity contribution in [1.82, 2.24) is 0 Å². The second kappa shape index (κ2) is 6.28.